The van der Waals surface area contributed by atoms with E-state index in [1.807, 2.05) is 0 Å². The monoisotopic (exact) mass is 256 g/mol. The molecule has 0 unspecified atom stereocenters. The molecule has 0 saturated carbocycles. The number of ether oxygens (including phenoxy) is 1. The molecule has 2 rings (SSSR count). The summed E-state index contributed by atoms with van der Waals surface area (Å²) in [7, 11) is 0. The molecule has 0 bridgehead atoms. The van der Waals surface area contributed by atoms with Crippen LogP contribution < -0.4 is 4.57 Å². The van der Waals surface area contributed by atoms with Gasteiger partial charge in [-0.3, -0.25) is 0 Å². The first-order chi connectivity index (χ1) is 8.51. The Morgan fingerprint density at radius 3 is 2.44 bits per heavy atom. The van der Waals surface area contributed by atoms with E-state index in [1.165, 1.54) is 17.0 Å². The maximum atomic E-state index is 11.2. The maximum absolute atomic E-state index is 11.2. The Morgan fingerprint density at radius 1 is 1.33 bits per heavy atom. The van der Waals surface area contributed by atoms with E-state index in [1.54, 1.807) is 18.2 Å². The Kier molecular flexibility index (Phi) is 3.31. The lowest BCUT2D eigenvalue weighted by atomic mass is 9.94. The predicted octanol–water partition coefficient (Wildman–Crippen LogP) is -1.96. The molecule has 0 spiro atoms. The Labute approximate surface area is 102 Å². The molecule has 0 aliphatic carbocycles. The van der Waals surface area contributed by atoms with Crippen LogP contribution in [-0.2, 0) is 9.53 Å². The highest BCUT2D eigenvalue weighted by Crippen LogP contribution is 2.35. The highest BCUT2D eigenvalue weighted by molar-refractivity contribution is 5.78. The number of aliphatic carboxylic acids is 1. The van der Waals surface area contributed by atoms with Gasteiger partial charge in [-0.05, 0) is 0 Å². The molecule has 7 heteroatoms. The van der Waals surface area contributed by atoms with Crippen molar-refractivity contribution in [3.8, 4) is 0 Å². The average Bonchev–Trinajstić information content (AvgIpc) is 2.65. The van der Waals surface area contributed by atoms with Crippen LogP contribution in [0.4, 0.5) is 0 Å². The zero-order chi connectivity index (χ0) is 13.3. The third kappa shape index (κ3) is 1.77. The highest BCUT2D eigenvalue weighted by atomic mass is 16.6. The second kappa shape index (κ2) is 4.62. The first-order valence-electron chi connectivity index (χ1n) is 5.37. The molecule has 7 nitrogen and oxygen atoms in total. The van der Waals surface area contributed by atoms with Gasteiger partial charge in [-0.25, -0.2) is 4.79 Å². The molecule has 1 fully saturated rings. The molecular weight excluding hydrogens is 242 g/mol. The van der Waals surface area contributed by atoms with Crippen LogP contribution in [0.2, 0.25) is 0 Å². The van der Waals surface area contributed by atoms with Gasteiger partial charge in [0.15, 0.2) is 12.4 Å². The van der Waals surface area contributed by atoms with Gasteiger partial charge in [-0.2, -0.15) is 4.57 Å². The van der Waals surface area contributed by atoms with Crippen LogP contribution in [0.15, 0.2) is 30.6 Å². The number of carbonyl (C=O) groups is 1. The summed E-state index contributed by atoms with van der Waals surface area (Å²) in [4.78, 5) is 11.2. The van der Waals surface area contributed by atoms with E-state index in [9.17, 15) is 15.0 Å². The van der Waals surface area contributed by atoms with E-state index in [4.69, 9.17) is 14.9 Å². The molecular formula is C11H14NO6+. The van der Waals surface area contributed by atoms with Gasteiger partial charge < -0.3 is 25.2 Å². The molecule has 1 saturated heterocycles. The van der Waals surface area contributed by atoms with Crippen LogP contribution in [0.25, 0.3) is 0 Å². The lowest BCUT2D eigenvalue weighted by Gasteiger charge is -2.22. The number of aliphatic hydroxyl groups is 3. The Balaban J connectivity index is 2.43. The lowest BCUT2D eigenvalue weighted by molar-refractivity contribution is -0.770. The molecule has 0 aromatic carbocycles. The fourth-order valence-corrected chi connectivity index (χ4v) is 2.01. The van der Waals surface area contributed by atoms with E-state index in [-0.39, 0.29) is 0 Å². The zero-order valence-corrected chi connectivity index (χ0v) is 9.38. The first-order valence-corrected chi connectivity index (χ1v) is 5.37. The van der Waals surface area contributed by atoms with Crippen LogP contribution in [0.1, 0.15) is 6.23 Å². The molecule has 0 radical (unpaired) electrons. The van der Waals surface area contributed by atoms with Crippen molar-refractivity contribution in [2.24, 2.45) is 0 Å². The molecule has 1 aromatic heterocycles. The van der Waals surface area contributed by atoms with Crippen molar-refractivity contribution in [2.75, 3.05) is 6.61 Å². The number of aliphatic hydroxyl groups excluding tert-OH is 2. The minimum Gasteiger partial charge on any atom is -0.479 e. The summed E-state index contributed by atoms with van der Waals surface area (Å²) in [5.74, 6) is -1.60. The number of pyridine rings is 1. The Morgan fingerprint density at radius 2 is 1.94 bits per heavy atom. The number of hydrogen-bond donors (Lipinski definition) is 4. The van der Waals surface area contributed by atoms with Crippen molar-refractivity contribution in [1.82, 2.24) is 0 Å². The second-order valence-electron chi connectivity index (χ2n) is 4.11. The van der Waals surface area contributed by atoms with E-state index >= 15 is 0 Å². The zero-order valence-electron chi connectivity index (χ0n) is 9.38. The van der Waals surface area contributed by atoms with Gasteiger partial charge in [-0.15, -0.1) is 0 Å². The molecule has 1 aliphatic rings. The van der Waals surface area contributed by atoms with Crippen LogP contribution in [0.5, 0.6) is 0 Å². The standard InChI is InChI=1S/C11H13NO6/c13-6-7-8(14)11(17,10(15)16)9(18-7)12-4-2-1-3-5-12/h1-5,7-9,13-14,17H,6H2/p+1/t7-,8+,9-,11-/m1/s1. The van der Waals surface area contributed by atoms with Gasteiger partial charge in [-0.1, -0.05) is 6.07 Å². The van der Waals surface area contributed by atoms with Gasteiger partial charge in [0.1, 0.15) is 12.2 Å². The van der Waals surface area contributed by atoms with Crippen LogP contribution in [0.3, 0.4) is 0 Å². The largest absolute Gasteiger partial charge is 0.479 e. The third-order valence-corrected chi connectivity index (χ3v) is 3.02. The summed E-state index contributed by atoms with van der Waals surface area (Å²) < 4.78 is 6.54. The van der Waals surface area contributed by atoms with Gasteiger partial charge in [0.25, 0.3) is 5.60 Å². The quantitative estimate of drug-likeness (QED) is 0.467. The lowest BCUT2D eigenvalue weighted by Crippen LogP contribution is -2.59. The molecule has 1 aromatic rings. The maximum Gasteiger partial charge on any atom is 0.348 e. The van der Waals surface area contributed by atoms with Crippen molar-refractivity contribution < 1.29 is 34.5 Å². The molecule has 0 amide bonds. The van der Waals surface area contributed by atoms with Crippen molar-refractivity contribution in [3.63, 3.8) is 0 Å². The number of carboxylic acids is 1. The van der Waals surface area contributed by atoms with Crippen LogP contribution >= 0.6 is 0 Å². The SMILES string of the molecule is O=C(O)[C@@]1(O)[C@@H](O)[C@@H](CO)O[C@H]1[n+]1ccccc1. The average molecular weight is 256 g/mol. The Hall–Kier alpha value is -1.54. The van der Waals surface area contributed by atoms with Crippen molar-refractivity contribution >= 4 is 5.97 Å². The van der Waals surface area contributed by atoms with Gasteiger partial charge in [0.2, 0.25) is 0 Å². The summed E-state index contributed by atoms with van der Waals surface area (Å²) in [6.07, 6.45) is -1.15. The highest BCUT2D eigenvalue weighted by Gasteiger charge is 2.65. The van der Waals surface area contributed by atoms with E-state index < -0.39 is 36.6 Å². The van der Waals surface area contributed by atoms with Crippen molar-refractivity contribution in [1.29, 1.82) is 0 Å². The smallest absolute Gasteiger partial charge is 0.348 e. The van der Waals surface area contributed by atoms with Gasteiger partial charge >= 0.3 is 12.2 Å². The first kappa shape index (κ1) is 12.9. The third-order valence-electron chi connectivity index (χ3n) is 3.02. The number of aromatic nitrogens is 1. The number of hydrogen-bond acceptors (Lipinski definition) is 5. The summed E-state index contributed by atoms with van der Waals surface area (Å²) in [5.41, 5.74) is -2.50. The van der Waals surface area contributed by atoms with Gasteiger partial charge in [0.05, 0.1) is 6.61 Å². The summed E-state index contributed by atoms with van der Waals surface area (Å²) in [6.45, 7) is -0.583. The fourth-order valence-electron chi connectivity index (χ4n) is 2.01. The number of carboxylic acid groups (broad SMARTS) is 1. The number of nitrogens with zero attached hydrogens (tertiary/aromatic N) is 1. The van der Waals surface area contributed by atoms with E-state index in [2.05, 4.69) is 0 Å². The number of rotatable bonds is 3. The summed E-state index contributed by atoms with van der Waals surface area (Å²) in [6, 6.07) is 4.97. The molecule has 1 aliphatic heterocycles. The fraction of sp³-hybridized carbons (Fsp3) is 0.455. The molecule has 18 heavy (non-hydrogen) atoms. The molecule has 4 atom stereocenters. The predicted molar refractivity (Wildman–Crippen MR) is 56.2 cm³/mol. The normalized spacial score (nSPS) is 35.6. The topological polar surface area (TPSA) is 111 Å². The minimum absolute atomic E-state index is 0.583. The van der Waals surface area contributed by atoms with Crippen LogP contribution in [-0.4, -0.2) is 50.8 Å². The summed E-state index contributed by atoms with van der Waals surface area (Å²) in [5, 5.41) is 38.0. The Bertz CT molecular complexity index is 438. The minimum atomic E-state index is -2.50. The van der Waals surface area contributed by atoms with Gasteiger partial charge in [0, 0.05) is 12.1 Å². The van der Waals surface area contributed by atoms with Crippen LogP contribution in [0, 0.1) is 0 Å². The van der Waals surface area contributed by atoms with E-state index in [0.717, 1.165) is 0 Å². The van der Waals surface area contributed by atoms with Crippen molar-refractivity contribution in [2.45, 2.75) is 24.0 Å². The summed E-state index contributed by atoms with van der Waals surface area (Å²) >= 11 is 0. The molecule has 2 heterocycles. The molecule has 4 N–H and O–H groups in total. The van der Waals surface area contributed by atoms with E-state index in [0.29, 0.717) is 0 Å². The molecule has 98 valence electrons. The van der Waals surface area contributed by atoms with Crippen molar-refractivity contribution in [3.05, 3.63) is 30.6 Å². The second-order valence-corrected chi connectivity index (χ2v) is 4.11.